The maximum Gasteiger partial charge on any atom is 0.228 e. The van der Waals surface area contributed by atoms with Gasteiger partial charge >= 0.3 is 0 Å². The minimum absolute atomic E-state index is 0. The van der Waals surface area contributed by atoms with Gasteiger partial charge in [-0.05, 0) is 26.2 Å². The van der Waals surface area contributed by atoms with Crippen molar-refractivity contribution in [1.29, 1.82) is 0 Å². The number of nitrogens with one attached hydrogen (secondary N) is 1. The highest BCUT2D eigenvalue weighted by atomic mass is 35.5. The van der Waals surface area contributed by atoms with Crippen molar-refractivity contribution in [2.75, 3.05) is 5.32 Å². The van der Waals surface area contributed by atoms with Crippen LogP contribution >= 0.6 is 12.4 Å². The number of amides is 1. The van der Waals surface area contributed by atoms with Gasteiger partial charge in [-0.2, -0.15) is 5.10 Å². The van der Waals surface area contributed by atoms with Crippen molar-refractivity contribution in [3.63, 3.8) is 0 Å². The van der Waals surface area contributed by atoms with Gasteiger partial charge in [-0.3, -0.25) is 9.48 Å². The number of aromatic nitrogens is 2. The fourth-order valence-electron chi connectivity index (χ4n) is 2.32. The van der Waals surface area contributed by atoms with Gasteiger partial charge in [-0.25, -0.2) is 0 Å². The molecule has 102 valence electrons. The summed E-state index contributed by atoms with van der Waals surface area (Å²) in [6, 6.07) is 2.05. The number of aryl methyl sites for hydroxylation is 2. The van der Waals surface area contributed by atoms with Crippen LogP contribution in [0.1, 0.15) is 31.4 Å². The minimum Gasteiger partial charge on any atom is -0.328 e. The van der Waals surface area contributed by atoms with E-state index < -0.39 is 0 Å². The number of rotatable bonds is 2. The zero-order chi connectivity index (χ0) is 12.4. The zero-order valence-electron chi connectivity index (χ0n) is 10.8. The van der Waals surface area contributed by atoms with Gasteiger partial charge in [0.15, 0.2) is 5.82 Å². The van der Waals surface area contributed by atoms with Crippen LogP contribution in [-0.2, 0) is 11.8 Å². The van der Waals surface area contributed by atoms with Crippen LogP contribution in [0.4, 0.5) is 5.82 Å². The van der Waals surface area contributed by atoms with Gasteiger partial charge < -0.3 is 11.1 Å². The van der Waals surface area contributed by atoms with Crippen LogP contribution in [0.2, 0.25) is 0 Å². The molecular weight excluding hydrogens is 252 g/mol. The average Bonchev–Trinajstić information content (AvgIpc) is 2.58. The number of carbonyl (C=O) groups is 1. The average molecular weight is 273 g/mol. The summed E-state index contributed by atoms with van der Waals surface area (Å²) in [5, 5.41) is 7.08. The number of anilines is 1. The fraction of sp³-hybridized carbons (Fsp3) is 0.667. The Morgan fingerprint density at radius 1 is 1.56 bits per heavy atom. The van der Waals surface area contributed by atoms with Crippen LogP contribution in [0, 0.1) is 12.8 Å². The zero-order valence-corrected chi connectivity index (χ0v) is 11.7. The van der Waals surface area contributed by atoms with Gasteiger partial charge in [0.1, 0.15) is 0 Å². The number of carbonyl (C=O) groups excluding carboxylic acids is 1. The van der Waals surface area contributed by atoms with E-state index in [1.165, 1.54) is 0 Å². The lowest BCUT2D eigenvalue weighted by Crippen LogP contribution is -2.34. The molecule has 1 aromatic rings. The summed E-state index contributed by atoms with van der Waals surface area (Å²) >= 11 is 0. The highest BCUT2D eigenvalue weighted by molar-refractivity contribution is 5.91. The van der Waals surface area contributed by atoms with E-state index in [2.05, 4.69) is 10.4 Å². The first-order valence-electron chi connectivity index (χ1n) is 6.13. The topological polar surface area (TPSA) is 72.9 Å². The van der Waals surface area contributed by atoms with Crippen LogP contribution in [0.15, 0.2) is 6.07 Å². The van der Waals surface area contributed by atoms with Crippen molar-refractivity contribution < 1.29 is 4.79 Å². The molecule has 18 heavy (non-hydrogen) atoms. The summed E-state index contributed by atoms with van der Waals surface area (Å²) in [6.45, 7) is 1.96. The molecule has 5 nitrogen and oxygen atoms in total. The van der Waals surface area contributed by atoms with Crippen LogP contribution in [0.25, 0.3) is 0 Å². The van der Waals surface area contributed by atoms with E-state index in [0.29, 0.717) is 5.82 Å². The maximum absolute atomic E-state index is 12.0. The molecule has 3 N–H and O–H groups in total. The Kier molecular flexibility index (Phi) is 5.16. The van der Waals surface area contributed by atoms with Crippen molar-refractivity contribution in [3.05, 3.63) is 11.8 Å². The van der Waals surface area contributed by atoms with Gasteiger partial charge in [-0.15, -0.1) is 12.4 Å². The molecule has 0 bridgehead atoms. The van der Waals surface area contributed by atoms with Crippen LogP contribution < -0.4 is 11.1 Å². The molecule has 1 fully saturated rings. The lowest BCUT2D eigenvalue weighted by atomic mass is 9.85. The van der Waals surface area contributed by atoms with E-state index in [4.69, 9.17) is 5.73 Å². The van der Waals surface area contributed by atoms with E-state index in [0.717, 1.165) is 31.4 Å². The van der Waals surface area contributed by atoms with Crippen LogP contribution in [0.5, 0.6) is 0 Å². The molecule has 0 aromatic carbocycles. The van der Waals surface area contributed by atoms with Crippen LogP contribution in [0.3, 0.4) is 0 Å². The summed E-state index contributed by atoms with van der Waals surface area (Å²) in [7, 11) is 1.86. The Balaban J connectivity index is 0.00000162. The molecule has 2 unspecified atom stereocenters. The van der Waals surface area contributed by atoms with Gasteiger partial charge in [0.2, 0.25) is 5.91 Å². The van der Waals surface area contributed by atoms with Crippen LogP contribution in [-0.4, -0.2) is 21.7 Å². The largest absolute Gasteiger partial charge is 0.328 e. The molecule has 1 aromatic heterocycles. The quantitative estimate of drug-likeness (QED) is 0.859. The molecule has 1 aliphatic rings. The number of nitrogens with two attached hydrogens (primary N) is 1. The van der Waals surface area contributed by atoms with E-state index in [9.17, 15) is 4.79 Å². The summed E-state index contributed by atoms with van der Waals surface area (Å²) in [4.78, 5) is 12.0. The second-order valence-electron chi connectivity index (χ2n) is 4.91. The third kappa shape index (κ3) is 3.46. The predicted octanol–water partition coefficient (Wildman–Crippen LogP) is 1.61. The Hall–Kier alpha value is -1.07. The van der Waals surface area contributed by atoms with Gasteiger partial charge in [-0.1, -0.05) is 6.42 Å². The molecule has 1 heterocycles. The first kappa shape index (κ1) is 15.0. The normalized spacial score (nSPS) is 23.3. The number of hydrogen-bond acceptors (Lipinski definition) is 3. The third-order valence-electron chi connectivity index (χ3n) is 3.45. The summed E-state index contributed by atoms with van der Waals surface area (Å²) < 4.78 is 1.75. The molecule has 2 atom stereocenters. The number of nitrogens with zero attached hydrogens (tertiary/aromatic N) is 2. The van der Waals surface area contributed by atoms with Crippen molar-refractivity contribution in [3.8, 4) is 0 Å². The Labute approximate surface area is 114 Å². The lowest BCUT2D eigenvalue weighted by molar-refractivity contribution is -0.120. The Morgan fingerprint density at radius 3 is 2.83 bits per heavy atom. The molecule has 1 aliphatic carbocycles. The standard InChI is InChI=1S/C12H20N4O.ClH/c1-8-6-11(15-16(8)2)14-12(17)9-4-3-5-10(13)7-9;/h6,9-10H,3-5,7,13H2,1-2H3,(H,14,15,17);1H. The lowest BCUT2D eigenvalue weighted by Gasteiger charge is -2.25. The van der Waals surface area contributed by atoms with Crippen molar-refractivity contribution >= 4 is 24.1 Å². The molecule has 0 saturated heterocycles. The SMILES string of the molecule is Cc1cc(NC(=O)C2CCCC(N)C2)nn1C.Cl. The van der Waals surface area contributed by atoms with Crippen molar-refractivity contribution in [2.24, 2.45) is 18.7 Å². The van der Waals surface area contributed by atoms with E-state index >= 15 is 0 Å². The first-order valence-corrected chi connectivity index (χ1v) is 6.13. The maximum atomic E-state index is 12.0. The summed E-state index contributed by atoms with van der Waals surface area (Å²) in [6.07, 6.45) is 3.80. The molecule has 1 saturated carbocycles. The molecule has 2 rings (SSSR count). The third-order valence-corrected chi connectivity index (χ3v) is 3.45. The highest BCUT2D eigenvalue weighted by Crippen LogP contribution is 2.24. The van der Waals surface area contributed by atoms with E-state index in [1.54, 1.807) is 4.68 Å². The molecular formula is C12H21ClN4O. The fourth-order valence-corrected chi connectivity index (χ4v) is 2.32. The van der Waals surface area contributed by atoms with Crippen molar-refractivity contribution in [1.82, 2.24) is 9.78 Å². The second-order valence-corrected chi connectivity index (χ2v) is 4.91. The predicted molar refractivity (Wildman–Crippen MR) is 73.8 cm³/mol. The first-order chi connectivity index (χ1) is 8.06. The Bertz CT molecular complexity index is 399. The van der Waals surface area contributed by atoms with Gasteiger partial charge in [0, 0.05) is 30.8 Å². The highest BCUT2D eigenvalue weighted by Gasteiger charge is 2.25. The second kappa shape index (κ2) is 6.20. The van der Waals surface area contributed by atoms with Crippen molar-refractivity contribution in [2.45, 2.75) is 38.6 Å². The van der Waals surface area contributed by atoms with Gasteiger partial charge in [0.05, 0.1) is 0 Å². The number of hydrogen-bond donors (Lipinski definition) is 2. The number of halogens is 1. The minimum atomic E-state index is 0. The molecule has 1 amide bonds. The van der Waals surface area contributed by atoms with Gasteiger partial charge in [0.25, 0.3) is 0 Å². The van der Waals surface area contributed by atoms with E-state index in [-0.39, 0.29) is 30.3 Å². The molecule has 0 aliphatic heterocycles. The molecule has 6 heteroatoms. The smallest absolute Gasteiger partial charge is 0.228 e. The monoisotopic (exact) mass is 272 g/mol. The molecule has 0 radical (unpaired) electrons. The Morgan fingerprint density at radius 2 is 2.28 bits per heavy atom. The summed E-state index contributed by atoms with van der Waals surface area (Å²) in [5.74, 6) is 0.730. The molecule has 0 spiro atoms. The van der Waals surface area contributed by atoms with E-state index in [1.807, 2.05) is 20.0 Å². The summed E-state index contributed by atoms with van der Waals surface area (Å²) in [5.41, 5.74) is 6.91.